The van der Waals surface area contributed by atoms with Crippen molar-refractivity contribution in [2.24, 2.45) is 0 Å². The third kappa shape index (κ3) is 9.61. The highest BCUT2D eigenvalue weighted by Crippen LogP contribution is 2.18. The number of halogens is 1. The summed E-state index contributed by atoms with van der Waals surface area (Å²) in [6.45, 7) is 1.36. The number of carbonyl (C=O) groups excluding carboxylic acids is 2. The quantitative estimate of drug-likeness (QED) is 0.0675. The summed E-state index contributed by atoms with van der Waals surface area (Å²) >= 11 is 3.43. The maximum absolute atomic E-state index is 12.4. The summed E-state index contributed by atoms with van der Waals surface area (Å²) in [6.07, 6.45) is 10.8. The van der Waals surface area contributed by atoms with Crippen LogP contribution in [0.4, 0.5) is 5.69 Å². The topological polar surface area (TPSA) is 77.3 Å². The molecule has 0 aromatic heterocycles. The molecule has 0 aliphatic carbocycles. The summed E-state index contributed by atoms with van der Waals surface area (Å²) in [5, 5.41) is 11.9. The van der Waals surface area contributed by atoms with E-state index in [0.29, 0.717) is 12.0 Å². The van der Waals surface area contributed by atoms with Crippen molar-refractivity contribution >= 4 is 39.3 Å². The van der Waals surface area contributed by atoms with E-state index in [0.717, 1.165) is 24.6 Å². The van der Waals surface area contributed by atoms with Crippen LogP contribution < -0.4 is 0 Å². The maximum Gasteiger partial charge on any atom is 0.270 e. The van der Waals surface area contributed by atoms with Gasteiger partial charge in [-0.25, -0.2) is 0 Å². The number of ketones is 2. The molecule has 6 heteroatoms. The molecular formula is C21H28BrNO4. The van der Waals surface area contributed by atoms with Gasteiger partial charge in [-0.2, -0.15) is 0 Å². The normalized spacial score (nSPS) is 11.4. The van der Waals surface area contributed by atoms with E-state index in [2.05, 4.69) is 15.9 Å². The van der Waals surface area contributed by atoms with Crippen molar-refractivity contribution in [1.29, 1.82) is 0 Å². The number of rotatable bonds is 14. The number of allylic oxidation sites excluding steroid dienone is 1. The van der Waals surface area contributed by atoms with Gasteiger partial charge in [0.15, 0.2) is 11.6 Å². The molecule has 1 aromatic carbocycles. The molecule has 0 saturated heterocycles. The third-order valence-corrected chi connectivity index (χ3v) is 4.92. The molecule has 0 fully saturated rings. The third-order valence-electron chi connectivity index (χ3n) is 4.36. The number of unbranched alkanes of at least 4 members (excludes halogenated alkanes) is 7. The fraction of sp³-hybridized carbons (Fsp3) is 0.524. The zero-order valence-electron chi connectivity index (χ0n) is 15.9. The van der Waals surface area contributed by atoms with Gasteiger partial charge in [-0.15, -0.1) is 0 Å². The van der Waals surface area contributed by atoms with Crippen molar-refractivity contribution in [2.45, 2.75) is 64.7 Å². The first kappa shape index (κ1) is 23.2. The zero-order chi connectivity index (χ0) is 20.1. The highest BCUT2D eigenvalue weighted by molar-refractivity contribution is 9.09. The van der Waals surface area contributed by atoms with E-state index in [-0.39, 0.29) is 22.8 Å². The second kappa shape index (κ2) is 13.4. The van der Waals surface area contributed by atoms with Gasteiger partial charge >= 0.3 is 0 Å². The van der Waals surface area contributed by atoms with Gasteiger partial charge in [-0.1, -0.05) is 66.6 Å². The number of Topliss-reactive ketones (excluding diaryl/α,β-unsaturated/α-hetero) is 2. The van der Waals surface area contributed by atoms with E-state index < -0.39 is 4.92 Å². The van der Waals surface area contributed by atoms with Crippen molar-refractivity contribution < 1.29 is 14.5 Å². The summed E-state index contributed by atoms with van der Waals surface area (Å²) in [6, 6.07) is 5.95. The molecule has 0 heterocycles. The Morgan fingerprint density at radius 3 is 2.19 bits per heavy atom. The van der Waals surface area contributed by atoms with Crippen molar-refractivity contribution in [3.8, 4) is 0 Å². The molecule has 0 aliphatic heterocycles. The van der Waals surface area contributed by atoms with Crippen LogP contribution >= 0.6 is 15.9 Å². The summed E-state index contributed by atoms with van der Waals surface area (Å²) < 4.78 is 0. The largest absolute Gasteiger partial charge is 0.294 e. The fourth-order valence-electron chi connectivity index (χ4n) is 2.85. The minimum Gasteiger partial charge on any atom is -0.294 e. The van der Waals surface area contributed by atoms with Gasteiger partial charge in [0.05, 0.1) is 10.5 Å². The minimum absolute atomic E-state index is 0.0600. The molecule has 1 rings (SSSR count). The van der Waals surface area contributed by atoms with Crippen LogP contribution in [0.2, 0.25) is 0 Å². The van der Waals surface area contributed by atoms with Gasteiger partial charge in [-0.05, 0) is 31.4 Å². The van der Waals surface area contributed by atoms with Crippen molar-refractivity contribution in [1.82, 2.24) is 0 Å². The fourth-order valence-corrected chi connectivity index (χ4v) is 3.25. The Bertz CT molecular complexity index is 670. The molecule has 0 bridgehead atoms. The Kier molecular flexibility index (Phi) is 11.5. The lowest BCUT2D eigenvalue weighted by molar-refractivity contribution is -0.384. The smallest absolute Gasteiger partial charge is 0.270 e. The molecule has 0 unspecified atom stereocenters. The monoisotopic (exact) mass is 437 g/mol. The van der Waals surface area contributed by atoms with Crippen molar-refractivity contribution in [3.05, 3.63) is 45.5 Å². The van der Waals surface area contributed by atoms with Crippen molar-refractivity contribution in [3.63, 3.8) is 0 Å². The summed E-state index contributed by atoms with van der Waals surface area (Å²) in [5.41, 5.74) is 0.548. The first-order valence-electron chi connectivity index (χ1n) is 9.52. The number of hydrogen-bond acceptors (Lipinski definition) is 4. The van der Waals surface area contributed by atoms with E-state index in [1.165, 1.54) is 57.2 Å². The van der Waals surface area contributed by atoms with Crippen LogP contribution in [0, 0.1) is 10.1 Å². The van der Waals surface area contributed by atoms with Crippen LogP contribution in [0.15, 0.2) is 29.8 Å². The average molecular weight is 438 g/mol. The predicted octanol–water partition coefficient (Wildman–Crippen LogP) is 6.04. The highest BCUT2D eigenvalue weighted by atomic mass is 79.9. The van der Waals surface area contributed by atoms with Crippen LogP contribution in [-0.2, 0) is 9.59 Å². The molecule has 0 saturated carbocycles. The summed E-state index contributed by atoms with van der Waals surface area (Å²) in [4.78, 5) is 34.6. The molecule has 0 radical (unpaired) electrons. The molecule has 0 amide bonds. The number of nitrogens with zero attached hydrogens (tertiary/aromatic N) is 1. The number of carbonyl (C=O) groups is 2. The Morgan fingerprint density at radius 1 is 1.04 bits per heavy atom. The molecule has 5 nitrogen and oxygen atoms in total. The predicted molar refractivity (Wildman–Crippen MR) is 112 cm³/mol. The van der Waals surface area contributed by atoms with Crippen LogP contribution in [0.25, 0.3) is 6.08 Å². The second-order valence-corrected chi connectivity index (χ2v) is 7.45. The molecular weight excluding hydrogens is 410 g/mol. The van der Waals surface area contributed by atoms with Gasteiger partial charge in [-0.3, -0.25) is 19.7 Å². The van der Waals surface area contributed by atoms with Crippen LogP contribution in [0.1, 0.15) is 70.3 Å². The number of alkyl halides is 1. The van der Waals surface area contributed by atoms with Gasteiger partial charge in [0.1, 0.15) is 0 Å². The molecule has 0 spiro atoms. The highest BCUT2D eigenvalue weighted by Gasteiger charge is 2.15. The van der Waals surface area contributed by atoms with Crippen LogP contribution in [0.5, 0.6) is 0 Å². The number of nitro groups is 1. The van der Waals surface area contributed by atoms with E-state index >= 15 is 0 Å². The number of benzene rings is 1. The molecule has 0 atom stereocenters. The first-order valence-corrected chi connectivity index (χ1v) is 10.6. The molecule has 1 aromatic rings. The van der Waals surface area contributed by atoms with Crippen LogP contribution in [0.3, 0.4) is 0 Å². The first-order chi connectivity index (χ1) is 13.0. The second-order valence-electron chi connectivity index (χ2n) is 6.66. The van der Waals surface area contributed by atoms with Gasteiger partial charge < -0.3 is 0 Å². The zero-order valence-corrected chi connectivity index (χ0v) is 17.5. The number of non-ortho nitro benzene ring substituents is 1. The lowest BCUT2D eigenvalue weighted by atomic mass is 9.98. The van der Waals surface area contributed by atoms with E-state index in [9.17, 15) is 19.7 Å². The molecule has 0 N–H and O–H groups in total. The maximum atomic E-state index is 12.4. The van der Waals surface area contributed by atoms with Gasteiger partial charge in [0.2, 0.25) is 0 Å². The number of hydrogen-bond donors (Lipinski definition) is 0. The summed E-state index contributed by atoms with van der Waals surface area (Å²) in [7, 11) is 0. The Morgan fingerprint density at radius 2 is 1.63 bits per heavy atom. The molecule has 148 valence electrons. The Labute approximate surface area is 169 Å². The van der Waals surface area contributed by atoms with Crippen molar-refractivity contribution in [2.75, 3.05) is 5.33 Å². The Balaban J connectivity index is 2.48. The number of nitro benzene ring substituents is 1. The minimum atomic E-state index is -0.494. The van der Waals surface area contributed by atoms with Gasteiger partial charge in [0, 0.05) is 23.9 Å². The standard InChI is InChI=1S/C21H28BrNO4/c1-17(24)20(16-18-11-10-12-19(15-18)23(26)27)21(25)13-8-6-4-2-3-5-7-9-14-22/h10-12,15-16H,2-9,13-14H2,1H3. The van der Waals surface area contributed by atoms with Gasteiger partial charge in [0.25, 0.3) is 5.69 Å². The van der Waals surface area contributed by atoms with E-state index in [1.54, 1.807) is 12.1 Å². The average Bonchev–Trinajstić information content (AvgIpc) is 2.64. The Hall–Kier alpha value is -1.82. The lowest BCUT2D eigenvalue weighted by Crippen LogP contribution is -2.10. The SMILES string of the molecule is CC(=O)C(=Cc1cccc([N+](=O)[O-])c1)C(=O)CCCCCCCCCCBr. The van der Waals surface area contributed by atoms with E-state index in [1.807, 2.05) is 0 Å². The molecule has 0 aliphatic rings. The molecule has 27 heavy (non-hydrogen) atoms. The van der Waals surface area contributed by atoms with E-state index in [4.69, 9.17) is 0 Å². The lowest BCUT2D eigenvalue weighted by Gasteiger charge is -2.05. The van der Waals surface area contributed by atoms with Crippen LogP contribution in [-0.4, -0.2) is 21.8 Å². The summed E-state index contributed by atoms with van der Waals surface area (Å²) in [5.74, 6) is -0.496.